The van der Waals surface area contributed by atoms with Crippen LogP contribution >= 0.6 is 0 Å². The highest BCUT2D eigenvalue weighted by Gasteiger charge is 2.23. The number of esters is 1. The molecule has 7 nitrogen and oxygen atoms in total. The third-order valence-corrected chi connectivity index (χ3v) is 4.24. The molecule has 0 aliphatic carbocycles. The van der Waals surface area contributed by atoms with E-state index in [9.17, 15) is 9.59 Å². The summed E-state index contributed by atoms with van der Waals surface area (Å²) in [5.74, 6) is 0.280. The van der Waals surface area contributed by atoms with Crippen LogP contribution in [0, 0.1) is 0 Å². The molecule has 0 amide bonds. The first-order chi connectivity index (χ1) is 12.2. The smallest absolute Gasteiger partial charge is 0.358 e. The predicted molar refractivity (Wildman–Crippen MR) is 89.9 cm³/mol. The molecule has 0 saturated heterocycles. The molecule has 1 aliphatic rings. The molecule has 0 fully saturated rings. The number of aromatic nitrogens is 3. The van der Waals surface area contributed by atoms with Crippen LogP contribution in [0.4, 0.5) is 0 Å². The fourth-order valence-corrected chi connectivity index (χ4v) is 3.03. The number of fused-ring (bicyclic) bond motifs is 2. The third kappa shape index (κ3) is 2.77. The number of benzene rings is 1. The number of aryl methyl sites for hydroxylation is 1. The number of carbonyl (C=O) groups is 1. The van der Waals surface area contributed by atoms with Crippen LogP contribution in [0.25, 0.3) is 5.52 Å². The molecule has 25 heavy (non-hydrogen) atoms. The molecule has 1 unspecified atom stereocenters. The van der Waals surface area contributed by atoms with Crippen molar-refractivity contribution in [2.45, 2.75) is 25.9 Å². The lowest BCUT2D eigenvalue weighted by molar-refractivity contribution is 0.0519. The monoisotopic (exact) mass is 339 g/mol. The van der Waals surface area contributed by atoms with Gasteiger partial charge in [-0.2, -0.15) is 5.10 Å². The van der Waals surface area contributed by atoms with Gasteiger partial charge in [-0.3, -0.25) is 4.79 Å². The molecule has 7 heteroatoms. The van der Waals surface area contributed by atoms with Gasteiger partial charge >= 0.3 is 5.97 Å². The van der Waals surface area contributed by atoms with E-state index in [1.807, 2.05) is 24.3 Å². The first kappa shape index (κ1) is 15.4. The van der Waals surface area contributed by atoms with E-state index in [0.29, 0.717) is 11.2 Å². The van der Waals surface area contributed by atoms with Crippen molar-refractivity contribution in [3.63, 3.8) is 0 Å². The SMILES string of the molecule is CCOC(=O)c1cc2c(=O)[nH]c(C3CCc4ccccc4O3)cn2n1. The summed E-state index contributed by atoms with van der Waals surface area (Å²) in [6.07, 6.45) is 3.05. The average molecular weight is 339 g/mol. The van der Waals surface area contributed by atoms with Gasteiger partial charge in [0, 0.05) is 6.07 Å². The highest BCUT2D eigenvalue weighted by molar-refractivity contribution is 5.88. The number of rotatable bonds is 3. The van der Waals surface area contributed by atoms with E-state index in [2.05, 4.69) is 10.1 Å². The van der Waals surface area contributed by atoms with Gasteiger partial charge in [-0.25, -0.2) is 9.31 Å². The molecule has 128 valence electrons. The van der Waals surface area contributed by atoms with Crippen molar-refractivity contribution in [1.29, 1.82) is 0 Å². The van der Waals surface area contributed by atoms with Gasteiger partial charge in [0.25, 0.3) is 5.56 Å². The molecule has 3 heterocycles. The highest BCUT2D eigenvalue weighted by atomic mass is 16.5. The summed E-state index contributed by atoms with van der Waals surface area (Å²) in [6, 6.07) is 9.29. The highest BCUT2D eigenvalue weighted by Crippen LogP contribution is 2.33. The van der Waals surface area contributed by atoms with Crippen LogP contribution in [0.2, 0.25) is 0 Å². The van der Waals surface area contributed by atoms with Crippen molar-refractivity contribution >= 4 is 11.5 Å². The Bertz CT molecular complexity index is 1000. The van der Waals surface area contributed by atoms with Gasteiger partial charge in [-0.1, -0.05) is 18.2 Å². The number of hydrogen-bond acceptors (Lipinski definition) is 5. The first-order valence-corrected chi connectivity index (χ1v) is 8.20. The fourth-order valence-electron chi connectivity index (χ4n) is 3.03. The quantitative estimate of drug-likeness (QED) is 0.740. The molecule has 1 aromatic carbocycles. The Hall–Kier alpha value is -3.09. The maximum absolute atomic E-state index is 12.4. The standard InChI is InChI=1S/C18H17N3O4/c1-2-24-18(23)12-9-14-17(22)19-13(10-21(14)20-12)16-8-7-11-5-3-4-6-15(11)25-16/h3-6,9-10,16H,2,7-8H2,1H3,(H,19,22). The number of carbonyl (C=O) groups excluding carboxylic acids is 1. The van der Waals surface area contributed by atoms with E-state index in [0.717, 1.165) is 24.2 Å². The van der Waals surface area contributed by atoms with E-state index in [-0.39, 0.29) is 24.0 Å². The molecule has 2 aromatic heterocycles. The van der Waals surface area contributed by atoms with Gasteiger partial charge in [-0.05, 0) is 31.4 Å². The number of nitrogens with zero attached hydrogens (tertiary/aromatic N) is 2. The minimum atomic E-state index is -0.546. The van der Waals surface area contributed by atoms with Crippen LogP contribution in [0.3, 0.4) is 0 Å². The van der Waals surface area contributed by atoms with Crippen LogP contribution in [-0.2, 0) is 11.2 Å². The summed E-state index contributed by atoms with van der Waals surface area (Å²) in [5.41, 5.74) is 1.88. The Morgan fingerprint density at radius 2 is 2.28 bits per heavy atom. The normalized spacial score (nSPS) is 16.3. The van der Waals surface area contributed by atoms with Gasteiger partial charge in [0.05, 0.1) is 18.5 Å². The van der Waals surface area contributed by atoms with Crippen LogP contribution < -0.4 is 10.3 Å². The summed E-state index contributed by atoms with van der Waals surface area (Å²) in [6.45, 7) is 1.97. The van der Waals surface area contributed by atoms with E-state index in [1.165, 1.54) is 10.6 Å². The molecule has 0 spiro atoms. The van der Waals surface area contributed by atoms with Crippen molar-refractivity contribution in [2.24, 2.45) is 0 Å². The van der Waals surface area contributed by atoms with Crippen LogP contribution in [0.5, 0.6) is 5.75 Å². The number of nitrogens with one attached hydrogen (secondary N) is 1. The molecular formula is C18H17N3O4. The Kier molecular flexibility index (Phi) is 3.76. The van der Waals surface area contributed by atoms with Gasteiger partial charge in [0.1, 0.15) is 17.4 Å². The summed E-state index contributed by atoms with van der Waals surface area (Å²) in [5, 5.41) is 4.16. The zero-order valence-electron chi connectivity index (χ0n) is 13.7. The third-order valence-electron chi connectivity index (χ3n) is 4.24. The van der Waals surface area contributed by atoms with Crippen LogP contribution in [0.1, 0.15) is 41.2 Å². The zero-order chi connectivity index (χ0) is 17.4. The second-order valence-corrected chi connectivity index (χ2v) is 5.87. The Labute approximate surface area is 143 Å². The van der Waals surface area contributed by atoms with Crippen molar-refractivity contribution in [1.82, 2.24) is 14.6 Å². The van der Waals surface area contributed by atoms with Gasteiger partial charge in [0.2, 0.25) is 0 Å². The number of H-pyrrole nitrogens is 1. The first-order valence-electron chi connectivity index (χ1n) is 8.20. The lowest BCUT2D eigenvalue weighted by Gasteiger charge is -2.25. The molecule has 3 aromatic rings. The molecule has 0 saturated carbocycles. The van der Waals surface area contributed by atoms with E-state index in [1.54, 1.807) is 13.1 Å². The number of hydrogen-bond donors (Lipinski definition) is 1. The van der Waals surface area contributed by atoms with Crippen LogP contribution in [0.15, 0.2) is 41.3 Å². The van der Waals surface area contributed by atoms with Gasteiger partial charge in [-0.15, -0.1) is 0 Å². The molecular weight excluding hydrogens is 322 g/mol. The maximum Gasteiger partial charge on any atom is 0.358 e. The van der Waals surface area contributed by atoms with Crippen LogP contribution in [-0.4, -0.2) is 27.2 Å². The lowest BCUT2D eigenvalue weighted by Crippen LogP contribution is -2.21. The molecule has 0 radical (unpaired) electrons. The number of aromatic amines is 1. The second kappa shape index (κ2) is 6.08. The Morgan fingerprint density at radius 3 is 3.12 bits per heavy atom. The predicted octanol–water partition coefficient (Wildman–Crippen LogP) is 2.27. The Balaban J connectivity index is 1.69. The molecule has 1 N–H and O–H groups in total. The molecule has 4 rings (SSSR count). The minimum Gasteiger partial charge on any atom is -0.484 e. The van der Waals surface area contributed by atoms with E-state index < -0.39 is 5.97 Å². The van der Waals surface area contributed by atoms with Crippen molar-refractivity contribution in [3.05, 3.63) is 63.8 Å². The number of para-hydroxylation sites is 1. The summed E-state index contributed by atoms with van der Waals surface area (Å²) in [7, 11) is 0. The molecule has 1 aliphatic heterocycles. The summed E-state index contributed by atoms with van der Waals surface area (Å²) < 4.78 is 12.4. The maximum atomic E-state index is 12.4. The van der Waals surface area contributed by atoms with Crippen molar-refractivity contribution in [3.8, 4) is 5.75 Å². The molecule has 0 bridgehead atoms. The molecule has 1 atom stereocenters. The average Bonchev–Trinajstić information content (AvgIpc) is 3.06. The van der Waals surface area contributed by atoms with E-state index >= 15 is 0 Å². The second-order valence-electron chi connectivity index (χ2n) is 5.87. The van der Waals surface area contributed by atoms with E-state index in [4.69, 9.17) is 9.47 Å². The number of ether oxygens (including phenoxy) is 2. The van der Waals surface area contributed by atoms with Gasteiger partial charge < -0.3 is 14.5 Å². The van der Waals surface area contributed by atoms with Crippen molar-refractivity contribution in [2.75, 3.05) is 6.61 Å². The topological polar surface area (TPSA) is 85.7 Å². The summed E-state index contributed by atoms with van der Waals surface area (Å²) in [4.78, 5) is 27.0. The van der Waals surface area contributed by atoms with Gasteiger partial charge in [0.15, 0.2) is 5.69 Å². The summed E-state index contributed by atoms with van der Waals surface area (Å²) >= 11 is 0. The lowest BCUT2D eigenvalue weighted by atomic mass is 10.0. The zero-order valence-corrected chi connectivity index (χ0v) is 13.7. The minimum absolute atomic E-state index is 0.111. The van der Waals surface area contributed by atoms with Crippen molar-refractivity contribution < 1.29 is 14.3 Å². The fraction of sp³-hybridized carbons (Fsp3) is 0.278. The largest absolute Gasteiger partial charge is 0.484 e. The Morgan fingerprint density at radius 1 is 1.44 bits per heavy atom.